The van der Waals surface area contributed by atoms with Gasteiger partial charge in [0.25, 0.3) is 0 Å². The normalized spacial score (nSPS) is 11.5. The van der Waals surface area contributed by atoms with Crippen molar-refractivity contribution in [3.05, 3.63) is 47.5 Å². The van der Waals surface area contributed by atoms with Crippen molar-refractivity contribution in [3.63, 3.8) is 0 Å². The molecule has 2 heterocycles. The summed E-state index contributed by atoms with van der Waals surface area (Å²) in [5, 5.41) is 18.3. The molecule has 8 heteroatoms. The van der Waals surface area contributed by atoms with Crippen molar-refractivity contribution < 1.29 is 14.3 Å². The van der Waals surface area contributed by atoms with E-state index in [1.807, 2.05) is 11.6 Å². The van der Waals surface area contributed by atoms with E-state index in [0.29, 0.717) is 12.1 Å². The highest BCUT2D eigenvalue weighted by Crippen LogP contribution is 2.21. The second-order valence-corrected chi connectivity index (χ2v) is 7.11. The number of halogens is 1. The summed E-state index contributed by atoms with van der Waals surface area (Å²) in [5.74, 6) is -0.515. The molecule has 0 spiro atoms. The predicted molar refractivity (Wildman–Crippen MR) is 104 cm³/mol. The average molecular weight is 387 g/mol. The number of amides is 1. The van der Waals surface area contributed by atoms with E-state index in [4.69, 9.17) is 0 Å². The van der Waals surface area contributed by atoms with E-state index in [-0.39, 0.29) is 43.9 Å². The standard InChI is InChI=1S/C20H26FN5O2/c1-14(2)26-18-12-22-25(20(18)15(3)23-26)9-8-19(28)24(10-11-27)13-16-6-4-5-7-17(16)21/h4-7,12,14,27H,8-11,13H2,1-3H3. The number of aliphatic hydroxyl groups excluding tert-OH is 1. The maximum atomic E-state index is 13.9. The van der Waals surface area contributed by atoms with Gasteiger partial charge in [0.1, 0.15) is 16.9 Å². The molecule has 0 saturated carbocycles. The molecule has 0 radical (unpaired) electrons. The fourth-order valence-corrected chi connectivity index (χ4v) is 3.35. The van der Waals surface area contributed by atoms with Gasteiger partial charge >= 0.3 is 0 Å². The van der Waals surface area contributed by atoms with Crippen LogP contribution in [0.1, 0.15) is 37.6 Å². The van der Waals surface area contributed by atoms with Crippen molar-refractivity contribution in [2.45, 2.75) is 46.3 Å². The number of carbonyl (C=O) groups is 1. The monoisotopic (exact) mass is 387 g/mol. The fraction of sp³-hybridized carbons (Fsp3) is 0.450. The molecule has 0 aliphatic rings. The van der Waals surface area contributed by atoms with E-state index in [1.54, 1.807) is 29.1 Å². The molecule has 1 N–H and O–H groups in total. The highest BCUT2D eigenvalue weighted by Gasteiger charge is 2.18. The average Bonchev–Trinajstić information content (AvgIpc) is 3.22. The maximum Gasteiger partial charge on any atom is 0.224 e. The van der Waals surface area contributed by atoms with Crippen LogP contribution in [0.5, 0.6) is 0 Å². The Hall–Kier alpha value is -2.74. The summed E-state index contributed by atoms with van der Waals surface area (Å²) < 4.78 is 17.6. The summed E-state index contributed by atoms with van der Waals surface area (Å²) in [7, 11) is 0. The predicted octanol–water partition coefficient (Wildman–Crippen LogP) is 2.67. The molecule has 28 heavy (non-hydrogen) atoms. The minimum atomic E-state index is -0.358. The largest absolute Gasteiger partial charge is 0.395 e. The fourth-order valence-electron chi connectivity index (χ4n) is 3.35. The zero-order valence-electron chi connectivity index (χ0n) is 16.5. The van der Waals surface area contributed by atoms with Crippen molar-refractivity contribution in [2.24, 2.45) is 0 Å². The second-order valence-electron chi connectivity index (χ2n) is 7.11. The first-order valence-electron chi connectivity index (χ1n) is 9.45. The Bertz CT molecular complexity index is 963. The van der Waals surface area contributed by atoms with Crippen molar-refractivity contribution in [1.82, 2.24) is 24.5 Å². The second kappa shape index (κ2) is 8.52. The molecule has 0 saturated heterocycles. The Kier molecular flexibility index (Phi) is 6.08. The number of hydrogen-bond acceptors (Lipinski definition) is 4. The lowest BCUT2D eigenvalue weighted by atomic mass is 10.2. The molecule has 0 aliphatic heterocycles. The summed E-state index contributed by atoms with van der Waals surface area (Å²) in [6.45, 7) is 6.55. The van der Waals surface area contributed by atoms with Gasteiger partial charge in [-0.3, -0.25) is 14.2 Å². The molecule has 3 rings (SSSR count). The van der Waals surface area contributed by atoms with Gasteiger partial charge in [0.15, 0.2) is 0 Å². The summed E-state index contributed by atoms with van der Waals surface area (Å²) in [5.41, 5.74) is 3.16. The third kappa shape index (κ3) is 4.06. The molecule has 0 fully saturated rings. The number of hydrogen-bond donors (Lipinski definition) is 1. The number of aryl methyl sites for hydroxylation is 2. The van der Waals surface area contributed by atoms with Crippen LogP contribution in [0, 0.1) is 12.7 Å². The molecule has 0 unspecified atom stereocenters. The Labute approximate surface area is 163 Å². The summed E-state index contributed by atoms with van der Waals surface area (Å²) in [4.78, 5) is 14.2. The third-order valence-electron chi connectivity index (χ3n) is 4.74. The highest BCUT2D eigenvalue weighted by atomic mass is 19.1. The van der Waals surface area contributed by atoms with Gasteiger partial charge in [-0.2, -0.15) is 10.2 Å². The van der Waals surface area contributed by atoms with Crippen LogP contribution in [0.15, 0.2) is 30.5 Å². The Morgan fingerprint density at radius 3 is 2.75 bits per heavy atom. The molecule has 7 nitrogen and oxygen atoms in total. The first-order valence-corrected chi connectivity index (χ1v) is 9.45. The number of nitrogens with zero attached hydrogens (tertiary/aromatic N) is 5. The lowest BCUT2D eigenvalue weighted by Crippen LogP contribution is -2.34. The van der Waals surface area contributed by atoms with E-state index in [2.05, 4.69) is 24.0 Å². The van der Waals surface area contributed by atoms with Crippen LogP contribution in [0.4, 0.5) is 4.39 Å². The minimum absolute atomic E-state index is 0.130. The maximum absolute atomic E-state index is 13.9. The Morgan fingerprint density at radius 2 is 2.07 bits per heavy atom. The van der Waals surface area contributed by atoms with Gasteiger partial charge in [0, 0.05) is 31.1 Å². The lowest BCUT2D eigenvalue weighted by molar-refractivity contribution is -0.132. The smallest absolute Gasteiger partial charge is 0.224 e. The quantitative estimate of drug-likeness (QED) is 0.645. The number of rotatable bonds is 8. The number of aromatic nitrogens is 4. The zero-order valence-corrected chi connectivity index (χ0v) is 16.5. The van der Waals surface area contributed by atoms with Crippen molar-refractivity contribution in [3.8, 4) is 0 Å². The van der Waals surface area contributed by atoms with Crippen LogP contribution in [-0.4, -0.2) is 48.6 Å². The van der Waals surface area contributed by atoms with Crippen LogP contribution >= 0.6 is 0 Å². The van der Waals surface area contributed by atoms with Crippen LogP contribution in [0.3, 0.4) is 0 Å². The number of fused-ring (bicyclic) bond motifs is 1. The van der Waals surface area contributed by atoms with Gasteiger partial charge in [-0.25, -0.2) is 4.39 Å². The van der Waals surface area contributed by atoms with E-state index >= 15 is 0 Å². The molecule has 2 aromatic heterocycles. The highest BCUT2D eigenvalue weighted by molar-refractivity contribution is 5.79. The van der Waals surface area contributed by atoms with Crippen LogP contribution in [0.2, 0.25) is 0 Å². The minimum Gasteiger partial charge on any atom is -0.395 e. The molecule has 1 aromatic carbocycles. The van der Waals surface area contributed by atoms with Crippen LogP contribution < -0.4 is 0 Å². The summed E-state index contributed by atoms with van der Waals surface area (Å²) >= 11 is 0. The molecule has 0 aliphatic carbocycles. The van der Waals surface area contributed by atoms with Crippen molar-refractivity contribution in [1.29, 1.82) is 0 Å². The Balaban J connectivity index is 1.73. The van der Waals surface area contributed by atoms with Gasteiger partial charge in [0.2, 0.25) is 5.91 Å². The van der Waals surface area contributed by atoms with Gasteiger partial charge in [-0.05, 0) is 26.8 Å². The van der Waals surface area contributed by atoms with Gasteiger partial charge in [-0.15, -0.1) is 0 Å². The first-order chi connectivity index (χ1) is 13.4. The van der Waals surface area contributed by atoms with Crippen molar-refractivity contribution in [2.75, 3.05) is 13.2 Å². The van der Waals surface area contributed by atoms with E-state index in [0.717, 1.165) is 16.7 Å². The van der Waals surface area contributed by atoms with Gasteiger partial charge in [0.05, 0.1) is 25.0 Å². The zero-order chi connectivity index (χ0) is 20.3. The number of aliphatic hydroxyl groups is 1. The molecule has 0 bridgehead atoms. The Morgan fingerprint density at radius 1 is 1.32 bits per heavy atom. The topological polar surface area (TPSA) is 76.2 Å². The molecule has 3 aromatic rings. The number of benzene rings is 1. The molecule has 150 valence electrons. The third-order valence-corrected chi connectivity index (χ3v) is 4.74. The summed E-state index contributed by atoms with van der Waals surface area (Å²) in [6.07, 6.45) is 1.97. The van der Waals surface area contributed by atoms with Crippen LogP contribution in [-0.2, 0) is 17.9 Å². The lowest BCUT2D eigenvalue weighted by Gasteiger charge is -2.22. The van der Waals surface area contributed by atoms with Gasteiger partial charge < -0.3 is 10.0 Å². The van der Waals surface area contributed by atoms with Crippen molar-refractivity contribution >= 4 is 16.9 Å². The van der Waals surface area contributed by atoms with Gasteiger partial charge in [-0.1, -0.05) is 18.2 Å². The molecule has 0 atom stereocenters. The molecular weight excluding hydrogens is 361 g/mol. The SMILES string of the molecule is Cc1nn(C(C)C)c2cnn(CCC(=O)N(CCO)Cc3ccccc3F)c12. The summed E-state index contributed by atoms with van der Waals surface area (Å²) in [6, 6.07) is 6.58. The first kappa shape index (κ1) is 20.0. The molecular formula is C20H26FN5O2. The molecule has 1 amide bonds. The number of carbonyl (C=O) groups excluding carboxylic acids is 1. The van der Waals surface area contributed by atoms with Crippen LogP contribution in [0.25, 0.3) is 11.0 Å². The van der Waals surface area contributed by atoms with E-state index in [9.17, 15) is 14.3 Å². The van der Waals surface area contributed by atoms with E-state index < -0.39 is 0 Å². The van der Waals surface area contributed by atoms with E-state index in [1.165, 1.54) is 11.0 Å².